The standard InChI is InChI=1S/C24H27F3N4/c1-3-4-5-6-7-18-10-14-19(15-11-18)29-22-21(24(25,26)27)16-28-23(31-22)30-20-12-8-17(2)9-13-20/h8-16H,3-7H2,1-2H3,(H2,28,29,30,31). The molecule has 2 N–H and O–H groups in total. The second-order valence-corrected chi connectivity index (χ2v) is 7.58. The number of aryl methyl sites for hydroxylation is 2. The summed E-state index contributed by atoms with van der Waals surface area (Å²) in [6, 6.07) is 14.9. The van der Waals surface area contributed by atoms with Crippen molar-refractivity contribution < 1.29 is 13.2 Å². The molecule has 164 valence electrons. The molecule has 0 aliphatic carbocycles. The van der Waals surface area contributed by atoms with Crippen molar-refractivity contribution in [2.75, 3.05) is 10.6 Å². The van der Waals surface area contributed by atoms with E-state index in [9.17, 15) is 13.2 Å². The van der Waals surface area contributed by atoms with Crippen molar-refractivity contribution in [1.29, 1.82) is 0 Å². The molecule has 0 bridgehead atoms. The van der Waals surface area contributed by atoms with Crippen LogP contribution in [0.15, 0.2) is 54.7 Å². The minimum absolute atomic E-state index is 0.0897. The molecule has 3 rings (SSSR count). The highest BCUT2D eigenvalue weighted by Crippen LogP contribution is 2.35. The number of hydrogen-bond acceptors (Lipinski definition) is 4. The molecule has 1 heterocycles. The Morgan fingerprint density at radius 1 is 0.839 bits per heavy atom. The number of rotatable bonds is 9. The van der Waals surface area contributed by atoms with Crippen molar-refractivity contribution in [3.63, 3.8) is 0 Å². The van der Waals surface area contributed by atoms with Crippen LogP contribution in [0, 0.1) is 6.92 Å². The molecule has 7 heteroatoms. The van der Waals surface area contributed by atoms with E-state index in [4.69, 9.17) is 0 Å². The molecule has 0 fully saturated rings. The maximum absolute atomic E-state index is 13.5. The number of anilines is 4. The summed E-state index contributed by atoms with van der Waals surface area (Å²) in [5.74, 6) is -0.195. The highest BCUT2D eigenvalue weighted by Gasteiger charge is 2.35. The zero-order valence-corrected chi connectivity index (χ0v) is 17.8. The van der Waals surface area contributed by atoms with Crippen molar-refractivity contribution in [2.24, 2.45) is 0 Å². The van der Waals surface area contributed by atoms with Crippen LogP contribution >= 0.6 is 0 Å². The first-order valence-corrected chi connectivity index (χ1v) is 10.5. The van der Waals surface area contributed by atoms with Crippen LogP contribution in [0.5, 0.6) is 0 Å². The van der Waals surface area contributed by atoms with Gasteiger partial charge in [-0.25, -0.2) is 4.98 Å². The number of alkyl halides is 3. The van der Waals surface area contributed by atoms with E-state index in [1.165, 1.54) is 24.8 Å². The summed E-state index contributed by atoms with van der Waals surface area (Å²) in [7, 11) is 0. The predicted molar refractivity (Wildman–Crippen MR) is 119 cm³/mol. The zero-order chi connectivity index (χ0) is 22.3. The van der Waals surface area contributed by atoms with Gasteiger partial charge in [-0.05, 0) is 49.6 Å². The van der Waals surface area contributed by atoms with E-state index >= 15 is 0 Å². The zero-order valence-electron chi connectivity index (χ0n) is 17.8. The van der Waals surface area contributed by atoms with Crippen molar-refractivity contribution in [3.05, 3.63) is 71.4 Å². The minimum Gasteiger partial charge on any atom is -0.340 e. The molecule has 0 spiro atoms. The molecule has 0 atom stereocenters. The SMILES string of the molecule is CCCCCCc1ccc(Nc2nc(Nc3ccc(C)cc3)ncc2C(F)(F)F)cc1. The number of unbranched alkanes of at least 4 members (excludes halogenated alkanes) is 3. The fourth-order valence-electron chi connectivity index (χ4n) is 3.16. The van der Waals surface area contributed by atoms with Gasteiger partial charge in [0.2, 0.25) is 5.95 Å². The fourth-order valence-corrected chi connectivity index (χ4v) is 3.16. The molecule has 0 radical (unpaired) electrons. The second-order valence-electron chi connectivity index (χ2n) is 7.58. The largest absolute Gasteiger partial charge is 0.421 e. The van der Waals surface area contributed by atoms with E-state index in [0.29, 0.717) is 11.4 Å². The Hall–Kier alpha value is -3.09. The van der Waals surface area contributed by atoms with Gasteiger partial charge in [-0.15, -0.1) is 0 Å². The molecule has 0 saturated carbocycles. The van der Waals surface area contributed by atoms with Crippen LogP contribution < -0.4 is 10.6 Å². The summed E-state index contributed by atoms with van der Waals surface area (Å²) in [6.45, 7) is 4.13. The minimum atomic E-state index is -4.57. The molecule has 0 aliphatic rings. The average molecular weight is 429 g/mol. The number of benzene rings is 2. The molecule has 0 amide bonds. The van der Waals surface area contributed by atoms with Crippen LogP contribution in [0.25, 0.3) is 0 Å². The van der Waals surface area contributed by atoms with E-state index in [1.54, 1.807) is 12.1 Å². The highest BCUT2D eigenvalue weighted by atomic mass is 19.4. The molecular formula is C24H27F3N4. The maximum atomic E-state index is 13.5. The fraction of sp³-hybridized carbons (Fsp3) is 0.333. The molecule has 0 saturated heterocycles. The van der Waals surface area contributed by atoms with Gasteiger partial charge in [0.1, 0.15) is 11.4 Å². The summed E-state index contributed by atoms with van der Waals surface area (Å²) < 4.78 is 40.4. The first-order valence-electron chi connectivity index (χ1n) is 10.5. The van der Waals surface area contributed by atoms with Gasteiger partial charge in [-0.2, -0.15) is 18.2 Å². The number of halogens is 3. The Morgan fingerprint density at radius 2 is 1.48 bits per heavy atom. The monoisotopic (exact) mass is 428 g/mol. The lowest BCUT2D eigenvalue weighted by molar-refractivity contribution is -0.137. The molecule has 4 nitrogen and oxygen atoms in total. The Balaban J connectivity index is 1.77. The van der Waals surface area contributed by atoms with E-state index in [0.717, 1.165) is 24.6 Å². The molecule has 1 aromatic heterocycles. The Bertz CT molecular complexity index is 968. The van der Waals surface area contributed by atoms with E-state index in [1.807, 2.05) is 43.3 Å². The topological polar surface area (TPSA) is 49.8 Å². The number of nitrogens with one attached hydrogen (secondary N) is 2. The number of nitrogens with zero attached hydrogens (tertiary/aromatic N) is 2. The van der Waals surface area contributed by atoms with Gasteiger partial charge < -0.3 is 10.6 Å². The summed E-state index contributed by atoms with van der Waals surface area (Å²) in [6.07, 6.45) is 1.89. The lowest BCUT2D eigenvalue weighted by Crippen LogP contribution is -2.12. The molecule has 3 aromatic rings. The van der Waals surface area contributed by atoms with Crippen molar-refractivity contribution in [1.82, 2.24) is 9.97 Å². The third-order valence-electron chi connectivity index (χ3n) is 4.94. The first-order chi connectivity index (χ1) is 14.8. The number of hydrogen-bond donors (Lipinski definition) is 2. The smallest absolute Gasteiger partial charge is 0.340 e. The molecule has 2 aromatic carbocycles. The Kier molecular flexibility index (Phi) is 7.50. The molecule has 0 unspecified atom stereocenters. The summed E-state index contributed by atoms with van der Waals surface area (Å²) in [5, 5.41) is 5.76. The summed E-state index contributed by atoms with van der Waals surface area (Å²) in [4.78, 5) is 7.94. The average Bonchev–Trinajstić information content (AvgIpc) is 2.73. The van der Waals surface area contributed by atoms with Crippen LogP contribution in [0.3, 0.4) is 0 Å². The van der Waals surface area contributed by atoms with Gasteiger partial charge in [0.05, 0.1) is 0 Å². The third-order valence-corrected chi connectivity index (χ3v) is 4.94. The van der Waals surface area contributed by atoms with E-state index in [2.05, 4.69) is 27.5 Å². The van der Waals surface area contributed by atoms with Gasteiger partial charge in [-0.1, -0.05) is 56.0 Å². The van der Waals surface area contributed by atoms with Crippen molar-refractivity contribution >= 4 is 23.1 Å². The van der Waals surface area contributed by atoms with Crippen LogP contribution in [0.1, 0.15) is 49.3 Å². The molecular weight excluding hydrogens is 401 g/mol. The number of aromatic nitrogens is 2. The lowest BCUT2D eigenvalue weighted by Gasteiger charge is -2.15. The Morgan fingerprint density at radius 3 is 2.13 bits per heavy atom. The van der Waals surface area contributed by atoms with Crippen molar-refractivity contribution in [3.8, 4) is 0 Å². The van der Waals surface area contributed by atoms with Crippen LogP contribution in [-0.4, -0.2) is 9.97 Å². The summed E-state index contributed by atoms with van der Waals surface area (Å²) >= 11 is 0. The van der Waals surface area contributed by atoms with Crippen LogP contribution in [0.4, 0.5) is 36.3 Å². The maximum Gasteiger partial charge on any atom is 0.421 e. The predicted octanol–water partition coefficient (Wildman–Crippen LogP) is 7.41. The highest BCUT2D eigenvalue weighted by molar-refractivity contribution is 5.63. The Labute approximate surface area is 181 Å². The van der Waals surface area contributed by atoms with Gasteiger partial charge in [0.15, 0.2) is 0 Å². The molecule has 31 heavy (non-hydrogen) atoms. The summed E-state index contributed by atoms with van der Waals surface area (Å²) in [5.41, 5.74) is 2.58. The lowest BCUT2D eigenvalue weighted by atomic mass is 10.1. The normalized spacial score (nSPS) is 11.4. The van der Waals surface area contributed by atoms with Crippen molar-refractivity contribution in [2.45, 2.75) is 52.1 Å². The quantitative estimate of drug-likeness (QED) is 0.348. The second kappa shape index (κ2) is 10.3. The van der Waals surface area contributed by atoms with Crippen LogP contribution in [-0.2, 0) is 12.6 Å². The molecule has 0 aliphatic heterocycles. The van der Waals surface area contributed by atoms with Gasteiger partial charge in [0, 0.05) is 17.6 Å². The van der Waals surface area contributed by atoms with Crippen LogP contribution in [0.2, 0.25) is 0 Å². The van der Waals surface area contributed by atoms with E-state index in [-0.39, 0.29) is 11.8 Å². The van der Waals surface area contributed by atoms with Gasteiger partial charge in [-0.3, -0.25) is 0 Å². The third kappa shape index (κ3) is 6.70. The van der Waals surface area contributed by atoms with Gasteiger partial charge in [0.25, 0.3) is 0 Å². The van der Waals surface area contributed by atoms with Gasteiger partial charge >= 0.3 is 6.18 Å². The first kappa shape index (κ1) is 22.6. The van der Waals surface area contributed by atoms with E-state index < -0.39 is 11.7 Å².